The van der Waals surface area contributed by atoms with E-state index in [1.807, 2.05) is 12.2 Å². The lowest BCUT2D eigenvalue weighted by atomic mass is 10.0. The molecule has 0 heterocycles. The average Bonchev–Trinajstić information content (AvgIpc) is 3.71. The summed E-state index contributed by atoms with van der Waals surface area (Å²) in [4.78, 5) is 58.3. The Bertz CT molecular complexity index is 2210. The van der Waals surface area contributed by atoms with Gasteiger partial charge in [0.1, 0.15) is 25.4 Å². The van der Waals surface area contributed by atoms with Crippen LogP contribution in [0.2, 0.25) is 0 Å². The molecule has 18 heteroatoms. The first-order valence-corrected chi connectivity index (χ1v) is 39.8. The zero-order chi connectivity index (χ0) is 69.5. The van der Waals surface area contributed by atoms with Gasteiger partial charge in [0.2, 0.25) is 0 Å². The fourth-order valence-electron chi connectivity index (χ4n) is 9.51. The maximum Gasteiger partial charge on any atom is 0.472 e. The minimum atomic E-state index is -4.94. The average molecular weight is 1380 g/mol. The monoisotopic (exact) mass is 1370 g/mol. The lowest BCUT2D eigenvalue weighted by molar-refractivity contribution is -0.161. The van der Waals surface area contributed by atoms with Crippen LogP contribution in [0.5, 0.6) is 0 Å². The third-order valence-corrected chi connectivity index (χ3v) is 17.0. The van der Waals surface area contributed by atoms with Gasteiger partial charge in [0.05, 0.1) is 26.4 Å². The van der Waals surface area contributed by atoms with E-state index in [4.69, 9.17) is 32.3 Å². The first kappa shape index (κ1) is 91.0. The van der Waals surface area contributed by atoms with E-state index in [9.17, 15) is 43.5 Å². The SMILES string of the molecule is CC/C=C\C/C=C\C/C=C\C/C=C\C/C=C\CCCC(=O)OCC(COP(=O)(O)OCC(O)COP(=O)(O)OCC(O)COC(=O)CCCCCCCCCCCCCCCCC/C=C\C/C=C\C/C=C\C/C=C\CCCCC)OC(=O)CCCCCCC/C=C\CCCC. The Morgan fingerprint density at radius 1 is 0.305 bits per heavy atom. The van der Waals surface area contributed by atoms with E-state index in [0.29, 0.717) is 25.7 Å². The highest BCUT2D eigenvalue weighted by Gasteiger charge is 2.29. The quantitative estimate of drug-likeness (QED) is 0.0146. The smallest absolute Gasteiger partial charge is 0.463 e. The molecule has 0 saturated heterocycles. The van der Waals surface area contributed by atoms with Crippen LogP contribution in [0.1, 0.15) is 290 Å². The molecule has 0 aromatic rings. The van der Waals surface area contributed by atoms with E-state index < -0.39 is 91.5 Å². The van der Waals surface area contributed by atoms with Gasteiger partial charge in [-0.2, -0.15) is 0 Å². The van der Waals surface area contributed by atoms with Crippen LogP contribution in [0.25, 0.3) is 0 Å². The summed E-state index contributed by atoms with van der Waals surface area (Å²) >= 11 is 0. The summed E-state index contributed by atoms with van der Waals surface area (Å²) in [6.45, 7) is 2.40. The molecule has 0 radical (unpaired) electrons. The molecule has 546 valence electrons. The van der Waals surface area contributed by atoms with Gasteiger partial charge in [-0.05, 0) is 122 Å². The highest BCUT2D eigenvalue weighted by atomic mass is 31.2. The Morgan fingerprint density at radius 3 is 0.968 bits per heavy atom. The molecule has 0 aliphatic carbocycles. The van der Waals surface area contributed by atoms with Crippen molar-refractivity contribution in [2.75, 3.05) is 39.6 Å². The highest BCUT2D eigenvalue weighted by molar-refractivity contribution is 7.47. The standard InChI is InChI=1S/C77H132O16P2/c1-4-7-10-13-16-19-22-24-26-28-29-30-31-32-33-34-35-36-37-38-39-40-41-43-45-46-49-51-54-57-60-63-75(80)87-66-72(78)67-89-94(83,84)90-68-73(79)69-91-95(85,86)92-71-74(93-77(82)65-62-59-56-53-48-21-18-15-12-9-6-3)70-88-76(81)64-61-58-55-52-50-47-44-42-27-25-23-20-17-14-11-8-5-2/h8,11,15-20,24-27,29-30,32-33,44,47,52,55,72-74,78-79H,4-7,9-10,12-14,21-23,28,31,34-43,45-46,48-51,53-54,56-71H2,1-3H3,(H,83,84)(H,85,86)/b11-8-,18-15-,19-16-,20-17-,26-24-,27-25-,30-29-,33-32-,47-44-,55-52-. The normalized spacial score (nSPS) is 14.8. The molecule has 0 fully saturated rings. The van der Waals surface area contributed by atoms with Crippen LogP contribution in [0, 0.1) is 0 Å². The van der Waals surface area contributed by atoms with Crippen molar-refractivity contribution in [1.82, 2.24) is 0 Å². The molecule has 0 aromatic heterocycles. The van der Waals surface area contributed by atoms with Crippen molar-refractivity contribution >= 4 is 33.6 Å². The summed E-state index contributed by atoms with van der Waals surface area (Å²) in [5.74, 6) is -1.66. The molecule has 95 heavy (non-hydrogen) atoms. The lowest BCUT2D eigenvalue weighted by Crippen LogP contribution is -2.30. The number of carbonyl (C=O) groups excluding carboxylic acids is 3. The number of esters is 3. The zero-order valence-electron chi connectivity index (χ0n) is 59.3. The van der Waals surface area contributed by atoms with E-state index >= 15 is 0 Å². The van der Waals surface area contributed by atoms with Gasteiger partial charge in [-0.15, -0.1) is 0 Å². The fraction of sp³-hybridized carbons (Fsp3) is 0.701. The van der Waals surface area contributed by atoms with Crippen molar-refractivity contribution < 1.29 is 75.8 Å². The Morgan fingerprint density at radius 2 is 0.579 bits per heavy atom. The van der Waals surface area contributed by atoms with Crippen molar-refractivity contribution in [2.45, 2.75) is 309 Å². The summed E-state index contributed by atoms with van der Waals surface area (Å²) in [6, 6.07) is 0. The van der Waals surface area contributed by atoms with E-state index in [1.54, 1.807) is 0 Å². The first-order valence-electron chi connectivity index (χ1n) is 36.8. The number of phosphoric ester groups is 2. The number of hydrogen-bond donors (Lipinski definition) is 4. The number of unbranched alkanes of at least 4 members (excludes halogenated alkanes) is 26. The van der Waals surface area contributed by atoms with Crippen LogP contribution in [-0.4, -0.2) is 95.9 Å². The number of rotatable bonds is 69. The number of aliphatic hydroxyl groups is 2. The van der Waals surface area contributed by atoms with Gasteiger partial charge in [0.15, 0.2) is 6.10 Å². The minimum absolute atomic E-state index is 0.0798. The molecule has 4 N–H and O–H groups in total. The maximum absolute atomic E-state index is 12.9. The van der Waals surface area contributed by atoms with Crippen molar-refractivity contribution in [3.05, 3.63) is 122 Å². The minimum Gasteiger partial charge on any atom is -0.463 e. The molecule has 0 aliphatic rings. The van der Waals surface area contributed by atoms with Crippen molar-refractivity contribution in [2.24, 2.45) is 0 Å². The van der Waals surface area contributed by atoms with Gasteiger partial charge in [-0.25, -0.2) is 9.13 Å². The number of hydrogen-bond acceptors (Lipinski definition) is 14. The Hall–Kier alpha value is -4.05. The lowest BCUT2D eigenvalue weighted by Gasteiger charge is -2.21. The molecule has 0 saturated carbocycles. The molecular weight excluding hydrogens is 1240 g/mol. The van der Waals surface area contributed by atoms with Crippen LogP contribution in [0.4, 0.5) is 0 Å². The van der Waals surface area contributed by atoms with E-state index in [-0.39, 0.29) is 19.3 Å². The maximum atomic E-state index is 12.9. The predicted octanol–water partition coefficient (Wildman–Crippen LogP) is 21.0. The topological polar surface area (TPSA) is 231 Å². The summed E-state index contributed by atoms with van der Waals surface area (Å²) < 4.78 is 60.8. The number of carbonyl (C=O) groups is 3. The molecule has 5 unspecified atom stereocenters. The molecule has 0 aliphatic heterocycles. The van der Waals surface area contributed by atoms with Crippen LogP contribution in [0.3, 0.4) is 0 Å². The van der Waals surface area contributed by atoms with Gasteiger partial charge in [-0.1, -0.05) is 271 Å². The first-order chi connectivity index (χ1) is 46.2. The van der Waals surface area contributed by atoms with Crippen LogP contribution < -0.4 is 0 Å². The molecule has 0 aromatic carbocycles. The predicted molar refractivity (Wildman–Crippen MR) is 390 cm³/mol. The van der Waals surface area contributed by atoms with Crippen LogP contribution in [0.15, 0.2) is 122 Å². The third kappa shape index (κ3) is 71.1. The third-order valence-electron chi connectivity index (χ3n) is 15.1. The number of aliphatic hydroxyl groups excluding tert-OH is 2. The van der Waals surface area contributed by atoms with Gasteiger partial charge in [0.25, 0.3) is 0 Å². The number of ether oxygens (including phenoxy) is 3. The summed E-state index contributed by atoms with van der Waals surface area (Å²) in [5, 5.41) is 20.6. The van der Waals surface area contributed by atoms with Crippen LogP contribution >= 0.6 is 15.6 Å². The summed E-state index contributed by atoms with van der Waals surface area (Å²) in [7, 11) is -9.79. The summed E-state index contributed by atoms with van der Waals surface area (Å²) in [5.41, 5.74) is 0. The molecule has 0 amide bonds. The van der Waals surface area contributed by atoms with Crippen molar-refractivity contribution in [3.8, 4) is 0 Å². The number of allylic oxidation sites excluding steroid dienone is 20. The largest absolute Gasteiger partial charge is 0.472 e. The van der Waals surface area contributed by atoms with Gasteiger partial charge < -0.3 is 34.2 Å². The van der Waals surface area contributed by atoms with Crippen LogP contribution in [-0.2, 0) is 55.8 Å². The highest BCUT2D eigenvalue weighted by Crippen LogP contribution is 2.45. The molecule has 0 spiro atoms. The Labute approximate surface area is 576 Å². The van der Waals surface area contributed by atoms with Gasteiger partial charge in [0, 0.05) is 19.3 Å². The second-order valence-corrected chi connectivity index (χ2v) is 27.3. The van der Waals surface area contributed by atoms with E-state index in [2.05, 4.69) is 130 Å². The Balaban J connectivity index is 4.42. The second kappa shape index (κ2) is 69.8. The molecule has 0 rings (SSSR count). The molecule has 0 bridgehead atoms. The van der Waals surface area contributed by atoms with Gasteiger partial charge in [-0.3, -0.25) is 32.5 Å². The van der Waals surface area contributed by atoms with Crippen molar-refractivity contribution in [3.63, 3.8) is 0 Å². The van der Waals surface area contributed by atoms with E-state index in [0.717, 1.165) is 109 Å². The second-order valence-electron chi connectivity index (χ2n) is 24.4. The van der Waals surface area contributed by atoms with E-state index in [1.165, 1.54) is 116 Å². The zero-order valence-corrected chi connectivity index (χ0v) is 61.1. The molecule has 16 nitrogen and oxygen atoms in total. The molecular formula is C77H132O16P2. The Kier molecular flexibility index (Phi) is 66.9. The number of phosphoric acid groups is 2. The molecule has 5 atom stereocenters. The summed E-state index contributed by atoms with van der Waals surface area (Å²) in [6.07, 6.45) is 81.5. The fourth-order valence-corrected chi connectivity index (χ4v) is 11.1. The van der Waals surface area contributed by atoms with Gasteiger partial charge >= 0.3 is 33.6 Å². The van der Waals surface area contributed by atoms with Crippen molar-refractivity contribution in [1.29, 1.82) is 0 Å².